The Kier molecular flexibility index (Phi) is 5.81. The van der Waals surface area contributed by atoms with E-state index in [1.807, 2.05) is 0 Å². The van der Waals surface area contributed by atoms with Gasteiger partial charge in [0.25, 0.3) is 0 Å². The van der Waals surface area contributed by atoms with Crippen LogP contribution in [-0.4, -0.2) is 49.6 Å². The molecule has 1 N–H and O–H groups in total. The molecule has 0 aromatic carbocycles. The van der Waals surface area contributed by atoms with Gasteiger partial charge in [-0.05, 0) is 33.1 Å². The van der Waals surface area contributed by atoms with Gasteiger partial charge in [0.05, 0.1) is 19.3 Å². The molecule has 1 saturated heterocycles. The lowest BCUT2D eigenvalue weighted by molar-refractivity contribution is 0.0229. The first-order valence-corrected chi connectivity index (χ1v) is 8.21. The van der Waals surface area contributed by atoms with Gasteiger partial charge >= 0.3 is 0 Å². The molecule has 0 aromatic heterocycles. The number of rotatable bonds is 7. The molecule has 0 radical (unpaired) electrons. The molecule has 108 valence electrons. The summed E-state index contributed by atoms with van der Waals surface area (Å²) in [6.45, 7) is 6.36. The zero-order chi connectivity index (χ0) is 13.8. The fourth-order valence-corrected chi connectivity index (χ4v) is 4.52. The van der Waals surface area contributed by atoms with Crippen molar-refractivity contribution in [2.45, 2.75) is 38.6 Å². The van der Waals surface area contributed by atoms with E-state index in [0.717, 1.165) is 6.42 Å². The lowest BCUT2D eigenvalue weighted by atomic mass is 10.1. The van der Waals surface area contributed by atoms with Gasteiger partial charge in [0.15, 0.2) is 0 Å². The van der Waals surface area contributed by atoms with Gasteiger partial charge < -0.3 is 19.1 Å². The quantitative estimate of drug-likeness (QED) is 0.723. The van der Waals surface area contributed by atoms with Gasteiger partial charge in [0.2, 0.25) is 7.37 Å². The van der Waals surface area contributed by atoms with Crippen LogP contribution in [0.1, 0.15) is 27.2 Å². The van der Waals surface area contributed by atoms with Crippen molar-refractivity contribution < 1.29 is 23.7 Å². The standard InChI is InChI=1S/C12H25O5P/c1-5-17-18(14,12(2,3)13)9-10-6-7-16-11(10)8-15-4/h10-11,13H,5-9H2,1-4H3. The summed E-state index contributed by atoms with van der Waals surface area (Å²) in [7, 11) is -1.47. The van der Waals surface area contributed by atoms with E-state index in [-0.39, 0.29) is 12.0 Å². The van der Waals surface area contributed by atoms with E-state index in [9.17, 15) is 9.67 Å². The highest BCUT2D eigenvalue weighted by molar-refractivity contribution is 7.60. The number of hydrogen-bond acceptors (Lipinski definition) is 5. The van der Waals surface area contributed by atoms with E-state index < -0.39 is 12.7 Å². The number of hydrogen-bond donors (Lipinski definition) is 1. The summed E-state index contributed by atoms with van der Waals surface area (Å²) in [5, 5.41) is 8.77. The molecule has 6 heteroatoms. The van der Waals surface area contributed by atoms with Crippen molar-refractivity contribution in [1.29, 1.82) is 0 Å². The molecule has 3 atom stereocenters. The molecule has 0 saturated carbocycles. The molecule has 1 fully saturated rings. The third kappa shape index (κ3) is 3.78. The third-order valence-electron chi connectivity index (χ3n) is 3.32. The van der Waals surface area contributed by atoms with Crippen LogP contribution in [0, 0.1) is 5.92 Å². The smallest absolute Gasteiger partial charge is 0.233 e. The first-order valence-electron chi connectivity index (χ1n) is 6.40. The summed E-state index contributed by atoms with van der Waals surface area (Å²) >= 11 is 0. The number of aliphatic hydroxyl groups is 1. The Bertz CT molecular complexity index is 299. The Labute approximate surface area is 109 Å². The fourth-order valence-electron chi connectivity index (χ4n) is 2.20. The summed E-state index contributed by atoms with van der Waals surface area (Å²) in [6.07, 6.45) is 1.13. The van der Waals surface area contributed by atoms with Gasteiger partial charge in [-0.15, -0.1) is 0 Å². The molecule has 5 nitrogen and oxygen atoms in total. The Morgan fingerprint density at radius 1 is 1.50 bits per heavy atom. The van der Waals surface area contributed by atoms with Crippen molar-refractivity contribution >= 4 is 7.37 Å². The summed E-state index contributed by atoms with van der Waals surface area (Å²) in [6, 6.07) is 0. The predicted molar refractivity (Wildman–Crippen MR) is 70.1 cm³/mol. The highest BCUT2D eigenvalue weighted by Gasteiger charge is 2.44. The van der Waals surface area contributed by atoms with Crippen LogP contribution in [-0.2, 0) is 18.6 Å². The SMILES string of the molecule is CCOP(=O)(CC1CCOC1COC)C(C)(C)O. The average Bonchev–Trinajstić information content (AvgIpc) is 2.65. The molecule has 3 unspecified atom stereocenters. The molecule has 1 aliphatic heterocycles. The van der Waals surface area contributed by atoms with Gasteiger partial charge in [-0.2, -0.15) is 0 Å². The van der Waals surface area contributed by atoms with E-state index in [1.54, 1.807) is 27.9 Å². The maximum atomic E-state index is 12.8. The first kappa shape index (κ1) is 16.1. The van der Waals surface area contributed by atoms with Crippen LogP contribution in [0.4, 0.5) is 0 Å². The Hall–Kier alpha value is 0.0700. The molecule has 1 aliphatic rings. The zero-order valence-electron chi connectivity index (χ0n) is 11.7. The van der Waals surface area contributed by atoms with Gasteiger partial charge in [0.1, 0.15) is 5.34 Å². The van der Waals surface area contributed by atoms with Gasteiger partial charge in [-0.3, -0.25) is 4.57 Å². The van der Waals surface area contributed by atoms with Crippen LogP contribution in [0.2, 0.25) is 0 Å². The topological polar surface area (TPSA) is 65.0 Å². The molecular weight excluding hydrogens is 255 g/mol. The highest BCUT2D eigenvalue weighted by atomic mass is 31.2. The molecular formula is C12H25O5P. The Morgan fingerprint density at radius 3 is 2.67 bits per heavy atom. The van der Waals surface area contributed by atoms with Crippen molar-refractivity contribution in [3.63, 3.8) is 0 Å². The minimum Gasteiger partial charge on any atom is -0.382 e. The fraction of sp³-hybridized carbons (Fsp3) is 1.00. The minimum atomic E-state index is -3.09. The normalized spacial score (nSPS) is 28.3. The van der Waals surface area contributed by atoms with Crippen molar-refractivity contribution in [3.05, 3.63) is 0 Å². The molecule has 0 bridgehead atoms. The summed E-state index contributed by atoms with van der Waals surface area (Å²) in [5.74, 6) is 0.119. The summed E-state index contributed by atoms with van der Waals surface area (Å²) in [5.41, 5.74) is 0. The van der Waals surface area contributed by atoms with Gasteiger partial charge in [0, 0.05) is 19.9 Å². The van der Waals surface area contributed by atoms with Gasteiger partial charge in [-0.1, -0.05) is 0 Å². The Balaban J connectivity index is 2.75. The zero-order valence-corrected chi connectivity index (χ0v) is 12.6. The van der Waals surface area contributed by atoms with Crippen LogP contribution in [0.15, 0.2) is 0 Å². The van der Waals surface area contributed by atoms with E-state index in [1.165, 1.54) is 0 Å². The number of ether oxygens (including phenoxy) is 2. The van der Waals surface area contributed by atoms with Gasteiger partial charge in [-0.25, -0.2) is 0 Å². The van der Waals surface area contributed by atoms with Crippen LogP contribution in [0.25, 0.3) is 0 Å². The van der Waals surface area contributed by atoms with Crippen molar-refractivity contribution in [1.82, 2.24) is 0 Å². The van der Waals surface area contributed by atoms with Crippen molar-refractivity contribution in [3.8, 4) is 0 Å². The first-order chi connectivity index (χ1) is 8.34. The maximum Gasteiger partial charge on any atom is 0.233 e. The molecule has 1 heterocycles. The number of methoxy groups -OCH3 is 1. The molecule has 1 rings (SSSR count). The second kappa shape index (κ2) is 6.49. The second-order valence-electron chi connectivity index (χ2n) is 5.18. The predicted octanol–water partition coefficient (Wildman–Crippen LogP) is 2.08. The summed E-state index contributed by atoms with van der Waals surface area (Å²) in [4.78, 5) is 0. The van der Waals surface area contributed by atoms with E-state index in [2.05, 4.69) is 0 Å². The largest absolute Gasteiger partial charge is 0.382 e. The molecule has 0 spiro atoms. The molecule has 0 aromatic rings. The van der Waals surface area contributed by atoms with Crippen LogP contribution in [0.3, 0.4) is 0 Å². The van der Waals surface area contributed by atoms with Crippen molar-refractivity contribution in [2.75, 3.05) is 33.1 Å². The second-order valence-corrected chi connectivity index (χ2v) is 8.25. The molecule has 0 aliphatic carbocycles. The Morgan fingerprint density at radius 2 is 2.17 bits per heavy atom. The molecule has 18 heavy (non-hydrogen) atoms. The lowest BCUT2D eigenvalue weighted by Gasteiger charge is -2.32. The maximum absolute atomic E-state index is 12.8. The van der Waals surface area contributed by atoms with Crippen LogP contribution < -0.4 is 0 Å². The third-order valence-corrected chi connectivity index (χ3v) is 6.62. The van der Waals surface area contributed by atoms with E-state index in [4.69, 9.17) is 14.0 Å². The minimum absolute atomic E-state index is 0.0499. The average molecular weight is 280 g/mol. The van der Waals surface area contributed by atoms with Crippen LogP contribution in [0.5, 0.6) is 0 Å². The highest BCUT2D eigenvalue weighted by Crippen LogP contribution is 2.59. The summed E-state index contributed by atoms with van der Waals surface area (Å²) < 4.78 is 28.8. The van der Waals surface area contributed by atoms with E-state index >= 15 is 0 Å². The molecule has 0 amide bonds. The monoisotopic (exact) mass is 280 g/mol. The van der Waals surface area contributed by atoms with Crippen molar-refractivity contribution in [2.24, 2.45) is 5.92 Å². The van der Waals surface area contributed by atoms with E-state index in [0.29, 0.717) is 26.0 Å². The lowest BCUT2D eigenvalue weighted by Crippen LogP contribution is -2.30. The van der Waals surface area contributed by atoms with Crippen LogP contribution >= 0.6 is 7.37 Å².